The van der Waals surface area contributed by atoms with Crippen LogP contribution in [0.5, 0.6) is 5.75 Å². The van der Waals surface area contributed by atoms with Crippen LogP contribution >= 0.6 is 11.8 Å². The standard InChI is InChI=1S/C30H29N3O2S/c1-19-14-21(3)30-25(15-19)20(2)16-28(31-30)36-18-29(34)33-27(23-10-12-24(35-4)13-11-23)17-26(32-33)22-8-6-5-7-9-22/h5-16,27H,17-18H2,1-4H3/t27-/m0/s1. The predicted octanol–water partition coefficient (Wildman–Crippen LogP) is 6.64. The summed E-state index contributed by atoms with van der Waals surface area (Å²) in [6.07, 6.45) is 0.665. The van der Waals surface area contributed by atoms with Crippen molar-refractivity contribution in [3.05, 3.63) is 101 Å². The molecule has 0 N–H and O–H groups in total. The fraction of sp³-hybridized carbons (Fsp3) is 0.233. The summed E-state index contributed by atoms with van der Waals surface area (Å²) in [4.78, 5) is 18.4. The molecular formula is C30H29N3O2S. The van der Waals surface area contributed by atoms with Crippen molar-refractivity contribution in [2.75, 3.05) is 12.9 Å². The van der Waals surface area contributed by atoms with E-state index in [-0.39, 0.29) is 17.7 Å². The number of carbonyl (C=O) groups excluding carboxylic acids is 1. The Morgan fingerprint density at radius 2 is 1.75 bits per heavy atom. The Morgan fingerprint density at radius 3 is 2.47 bits per heavy atom. The molecule has 36 heavy (non-hydrogen) atoms. The Kier molecular flexibility index (Phi) is 6.79. The smallest absolute Gasteiger partial charge is 0.253 e. The average molecular weight is 496 g/mol. The molecule has 1 aliphatic rings. The summed E-state index contributed by atoms with van der Waals surface area (Å²) in [5, 5.41) is 8.47. The van der Waals surface area contributed by atoms with Crippen LogP contribution in [0.3, 0.4) is 0 Å². The monoisotopic (exact) mass is 495 g/mol. The molecule has 0 aliphatic carbocycles. The number of benzene rings is 3. The molecule has 1 amide bonds. The molecule has 0 bridgehead atoms. The number of carbonyl (C=O) groups is 1. The van der Waals surface area contributed by atoms with Crippen molar-refractivity contribution in [2.24, 2.45) is 5.10 Å². The van der Waals surface area contributed by atoms with E-state index in [1.807, 2.05) is 54.6 Å². The number of methoxy groups -OCH3 is 1. The number of nitrogens with zero attached hydrogens (tertiary/aromatic N) is 3. The molecule has 1 aromatic heterocycles. The van der Waals surface area contributed by atoms with Gasteiger partial charge in [0.15, 0.2) is 0 Å². The molecule has 4 aromatic rings. The van der Waals surface area contributed by atoms with E-state index in [1.54, 1.807) is 12.1 Å². The lowest BCUT2D eigenvalue weighted by molar-refractivity contribution is -0.130. The van der Waals surface area contributed by atoms with Crippen LogP contribution in [0.4, 0.5) is 0 Å². The van der Waals surface area contributed by atoms with Gasteiger partial charge in [0.25, 0.3) is 5.91 Å². The first-order valence-corrected chi connectivity index (χ1v) is 13.0. The third-order valence-corrected chi connectivity index (χ3v) is 7.44. The number of pyridine rings is 1. The number of rotatable bonds is 6. The molecule has 5 nitrogen and oxygen atoms in total. The Balaban J connectivity index is 1.40. The first kappa shape index (κ1) is 24.1. The maximum atomic E-state index is 13.5. The van der Waals surface area contributed by atoms with Gasteiger partial charge in [0.1, 0.15) is 5.75 Å². The summed E-state index contributed by atoms with van der Waals surface area (Å²) >= 11 is 1.47. The quantitative estimate of drug-likeness (QED) is 0.281. The van der Waals surface area contributed by atoms with E-state index in [1.165, 1.54) is 28.3 Å². The van der Waals surface area contributed by atoms with E-state index in [2.05, 4.69) is 39.0 Å². The largest absolute Gasteiger partial charge is 0.497 e. The van der Waals surface area contributed by atoms with Crippen molar-refractivity contribution in [1.82, 2.24) is 9.99 Å². The minimum absolute atomic E-state index is 0.0353. The van der Waals surface area contributed by atoms with Crippen molar-refractivity contribution in [2.45, 2.75) is 38.3 Å². The van der Waals surface area contributed by atoms with Gasteiger partial charge in [-0.15, -0.1) is 0 Å². The van der Waals surface area contributed by atoms with Crippen LogP contribution < -0.4 is 4.74 Å². The molecule has 0 saturated carbocycles. The van der Waals surface area contributed by atoms with Gasteiger partial charge in [-0.2, -0.15) is 5.10 Å². The molecular weight excluding hydrogens is 466 g/mol. The summed E-state index contributed by atoms with van der Waals surface area (Å²) < 4.78 is 5.32. The summed E-state index contributed by atoms with van der Waals surface area (Å²) in [6, 6.07) is 24.2. The van der Waals surface area contributed by atoms with E-state index < -0.39 is 0 Å². The van der Waals surface area contributed by atoms with Crippen LogP contribution in [0.1, 0.15) is 40.3 Å². The number of fused-ring (bicyclic) bond motifs is 1. The van der Waals surface area contributed by atoms with Gasteiger partial charge in [-0.3, -0.25) is 4.79 Å². The predicted molar refractivity (Wildman–Crippen MR) is 147 cm³/mol. The maximum Gasteiger partial charge on any atom is 0.253 e. The lowest BCUT2D eigenvalue weighted by Gasteiger charge is -2.22. The molecule has 2 heterocycles. The Hall–Kier alpha value is -3.64. The Bertz CT molecular complexity index is 1450. The number of thioether (sulfide) groups is 1. The van der Waals surface area contributed by atoms with Crippen molar-refractivity contribution in [3.8, 4) is 5.75 Å². The number of hydrogen-bond acceptors (Lipinski definition) is 5. The highest BCUT2D eigenvalue weighted by molar-refractivity contribution is 7.99. The second-order valence-electron chi connectivity index (χ2n) is 9.19. The Morgan fingerprint density at radius 1 is 1.00 bits per heavy atom. The van der Waals surface area contributed by atoms with E-state index >= 15 is 0 Å². The van der Waals surface area contributed by atoms with Gasteiger partial charge >= 0.3 is 0 Å². The van der Waals surface area contributed by atoms with Gasteiger partial charge < -0.3 is 4.74 Å². The van der Waals surface area contributed by atoms with Gasteiger partial charge in [0.2, 0.25) is 0 Å². The third-order valence-electron chi connectivity index (χ3n) is 6.55. The zero-order valence-corrected chi connectivity index (χ0v) is 21.8. The van der Waals surface area contributed by atoms with Crippen LogP contribution in [0.2, 0.25) is 0 Å². The minimum atomic E-state index is -0.157. The van der Waals surface area contributed by atoms with Crippen LogP contribution in [0.25, 0.3) is 10.9 Å². The van der Waals surface area contributed by atoms with Crippen molar-refractivity contribution < 1.29 is 9.53 Å². The highest BCUT2D eigenvalue weighted by Crippen LogP contribution is 2.35. The first-order chi connectivity index (χ1) is 17.4. The molecule has 0 unspecified atom stereocenters. The molecule has 0 saturated heterocycles. The van der Waals surface area contributed by atoms with E-state index in [0.717, 1.165) is 38.7 Å². The fourth-order valence-corrected chi connectivity index (χ4v) is 5.54. The fourth-order valence-electron chi connectivity index (χ4n) is 4.72. The van der Waals surface area contributed by atoms with Crippen molar-refractivity contribution in [3.63, 3.8) is 0 Å². The van der Waals surface area contributed by atoms with E-state index in [4.69, 9.17) is 14.8 Å². The molecule has 5 rings (SSSR count). The van der Waals surface area contributed by atoms with Crippen molar-refractivity contribution in [1.29, 1.82) is 0 Å². The number of hydrazone groups is 1. The maximum absolute atomic E-state index is 13.5. The molecule has 6 heteroatoms. The molecule has 182 valence electrons. The lowest BCUT2D eigenvalue weighted by Crippen LogP contribution is -2.28. The normalized spacial score (nSPS) is 15.3. The number of ether oxygens (including phenoxy) is 1. The number of hydrogen-bond donors (Lipinski definition) is 0. The van der Waals surface area contributed by atoms with Gasteiger partial charge in [0.05, 0.1) is 35.2 Å². The summed E-state index contributed by atoms with van der Waals surface area (Å²) in [5.41, 5.74) is 7.54. The topological polar surface area (TPSA) is 54.8 Å². The van der Waals surface area contributed by atoms with Gasteiger partial charge in [-0.25, -0.2) is 9.99 Å². The summed E-state index contributed by atoms with van der Waals surface area (Å²) in [5.74, 6) is 1.02. The lowest BCUT2D eigenvalue weighted by atomic mass is 9.98. The van der Waals surface area contributed by atoms with Gasteiger partial charge in [-0.1, -0.05) is 65.9 Å². The SMILES string of the molecule is COc1ccc([C@@H]2CC(c3ccccc3)=NN2C(=O)CSc2cc(C)c3cc(C)cc(C)c3n2)cc1. The van der Waals surface area contributed by atoms with Crippen molar-refractivity contribution >= 4 is 34.3 Å². The molecule has 1 aliphatic heterocycles. The minimum Gasteiger partial charge on any atom is -0.497 e. The van der Waals surface area contributed by atoms with Gasteiger partial charge in [0, 0.05) is 11.8 Å². The van der Waals surface area contributed by atoms with Crippen LogP contribution in [-0.4, -0.2) is 34.5 Å². The molecule has 3 aromatic carbocycles. The van der Waals surface area contributed by atoms with E-state index in [9.17, 15) is 4.79 Å². The summed E-state index contributed by atoms with van der Waals surface area (Å²) in [6.45, 7) is 6.29. The van der Waals surface area contributed by atoms with Crippen LogP contribution in [0, 0.1) is 20.8 Å². The van der Waals surface area contributed by atoms with E-state index in [0.29, 0.717) is 6.42 Å². The van der Waals surface area contributed by atoms with Crippen LogP contribution in [0.15, 0.2) is 82.9 Å². The second-order valence-corrected chi connectivity index (χ2v) is 10.2. The molecule has 0 fully saturated rings. The number of aromatic nitrogens is 1. The van der Waals surface area contributed by atoms with Gasteiger partial charge in [-0.05, 0) is 67.3 Å². The third kappa shape index (κ3) is 4.86. The molecule has 0 radical (unpaired) electrons. The highest BCUT2D eigenvalue weighted by atomic mass is 32.2. The molecule has 1 atom stereocenters. The zero-order chi connectivity index (χ0) is 25.2. The highest BCUT2D eigenvalue weighted by Gasteiger charge is 2.33. The first-order valence-electron chi connectivity index (χ1n) is 12.0. The Labute approximate surface area is 216 Å². The second kappa shape index (κ2) is 10.2. The number of amides is 1. The summed E-state index contributed by atoms with van der Waals surface area (Å²) in [7, 11) is 1.65. The zero-order valence-electron chi connectivity index (χ0n) is 21.0. The molecule has 0 spiro atoms. The average Bonchev–Trinajstić information content (AvgIpc) is 3.34. The van der Waals surface area contributed by atoms with Crippen LogP contribution in [-0.2, 0) is 4.79 Å². The number of aryl methyl sites for hydroxylation is 3.